The van der Waals surface area contributed by atoms with Crippen LogP contribution in [0.3, 0.4) is 0 Å². The minimum absolute atomic E-state index is 0.126. The summed E-state index contributed by atoms with van der Waals surface area (Å²) in [5.41, 5.74) is 2.16. The Morgan fingerprint density at radius 1 is 0.875 bits per heavy atom. The number of ether oxygens (including phenoxy) is 2. The summed E-state index contributed by atoms with van der Waals surface area (Å²) in [6, 6.07) is 16.5. The Morgan fingerprint density at radius 3 is 2.25 bits per heavy atom. The number of fused-ring (bicyclic) bond motifs is 1. The molecule has 4 aromatic rings. The van der Waals surface area contributed by atoms with Gasteiger partial charge in [-0.3, -0.25) is 4.79 Å². The van der Waals surface area contributed by atoms with Gasteiger partial charge in [-0.05, 0) is 42.5 Å². The van der Waals surface area contributed by atoms with E-state index in [9.17, 15) is 4.79 Å². The molecule has 0 saturated heterocycles. The molecule has 0 fully saturated rings. The van der Waals surface area contributed by atoms with E-state index >= 15 is 0 Å². The van der Waals surface area contributed by atoms with E-state index in [1.54, 1.807) is 26.5 Å². The number of benzene rings is 2. The highest BCUT2D eigenvalue weighted by atomic mass is 16.5. The number of hydrogen-bond acceptors (Lipinski definition) is 8. The number of aromatic nitrogens is 3. The maximum atomic E-state index is 11.3. The number of anilines is 5. The molecule has 0 unspecified atom stereocenters. The second-order valence-electron chi connectivity index (χ2n) is 6.84. The van der Waals surface area contributed by atoms with Crippen LogP contribution in [0.25, 0.3) is 10.9 Å². The summed E-state index contributed by atoms with van der Waals surface area (Å²) in [6.45, 7) is 1.47. The first-order valence-electron chi connectivity index (χ1n) is 9.82. The SMILES string of the molecule is COc1cc2nc(Nc3ccccn3)nc(Nc3ccc(NC(C)=O)cc3)c2cc1OC. The quantitative estimate of drug-likeness (QED) is 0.393. The minimum Gasteiger partial charge on any atom is -0.493 e. The highest BCUT2D eigenvalue weighted by Crippen LogP contribution is 2.35. The fraction of sp³-hybridized carbons (Fsp3) is 0.130. The number of hydrogen-bond donors (Lipinski definition) is 3. The van der Waals surface area contributed by atoms with Crippen molar-refractivity contribution in [2.75, 3.05) is 30.2 Å². The number of nitrogens with zero attached hydrogens (tertiary/aromatic N) is 3. The highest BCUT2D eigenvalue weighted by Gasteiger charge is 2.14. The predicted octanol–water partition coefficient (Wildman–Crippen LogP) is 4.49. The van der Waals surface area contributed by atoms with Crippen LogP contribution < -0.4 is 25.4 Å². The zero-order valence-electron chi connectivity index (χ0n) is 17.8. The average Bonchev–Trinajstić information content (AvgIpc) is 2.80. The molecule has 2 aromatic heterocycles. The van der Waals surface area contributed by atoms with Gasteiger partial charge in [0.2, 0.25) is 11.9 Å². The van der Waals surface area contributed by atoms with Crippen LogP contribution in [-0.2, 0) is 4.79 Å². The zero-order valence-corrected chi connectivity index (χ0v) is 17.8. The summed E-state index contributed by atoms with van der Waals surface area (Å²) >= 11 is 0. The molecule has 2 aromatic carbocycles. The molecule has 9 nitrogen and oxygen atoms in total. The van der Waals surface area contributed by atoms with Crippen molar-refractivity contribution in [3.8, 4) is 11.5 Å². The topological polar surface area (TPSA) is 110 Å². The van der Waals surface area contributed by atoms with Gasteiger partial charge in [0.25, 0.3) is 0 Å². The van der Waals surface area contributed by atoms with Gasteiger partial charge in [0.1, 0.15) is 11.6 Å². The van der Waals surface area contributed by atoms with Gasteiger partial charge in [0.15, 0.2) is 11.5 Å². The second kappa shape index (κ2) is 9.17. The monoisotopic (exact) mass is 430 g/mol. The molecule has 32 heavy (non-hydrogen) atoms. The van der Waals surface area contributed by atoms with Crippen molar-refractivity contribution in [1.29, 1.82) is 0 Å². The van der Waals surface area contributed by atoms with Gasteiger partial charge in [0.05, 0.1) is 19.7 Å². The Balaban J connectivity index is 1.76. The first-order valence-corrected chi connectivity index (χ1v) is 9.82. The fourth-order valence-corrected chi connectivity index (χ4v) is 3.13. The van der Waals surface area contributed by atoms with E-state index in [0.29, 0.717) is 40.3 Å². The number of rotatable bonds is 7. The normalized spacial score (nSPS) is 10.5. The van der Waals surface area contributed by atoms with Crippen molar-refractivity contribution >= 4 is 45.8 Å². The number of pyridine rings is 1. The van der Waals surface area contributed by atoms with Crippen LogP contribution in [0.4, 0.5) is 29.0 Å². The lowest BCUT2D eigenvalue weighted by Gasteiger charge is -2.14. The molecule has 0 saturated carbocycles. The molecule has 9 heteroatoms. The molecule has 0 aliphatic rings. The van der Waals surface area contributed by atoms with Gasteiger partial charge in [-0.25, -0.2) is 9.97 Å². The molecular formula is C23H22N6O3. The van der Waals surface area contributed by atoms with Gasteiger partial charge in [0, 0.05) is 35.9 Å². The molecule has 2 heterocycles. The lowest BCUT2D eigenvalue weighted by atomic mass is 10.2. The van der Waals surface area contributed by atoms with Gasteiger partial charge >= 0.3 is 0 Å². The molecule has 1 amide bonds. The molecule has 0 aliphatic carbocycles. The first-order chi connectivity index (χ1) is 15.6. The van der Waals surface area contributed by atoms with Crippen LogP contribution in [0.15, 0.2) is 60.8 Å². The standard InChI is InChI=1S/C23H22N6O3/c1-14(30)25-15-7-9-16(10-8-15)26-22-17-12-19(31-2)20(32-3)13-18(17)27-23(29-22)28-21-6-4-5-11-24-21/h4-13H,1-3H3,(H,25,30)(H2,24,26,27,28,29). The van der Waals surface area contributed by atoms with Crippen molar-refractivity contribution in [2.24, 2.45) is 0 Å². The lowest BCUT2D eigenvalue weighted by molar-refractivity contribution is -0.114. The summed E-state index contributed by atoms with van der Waals surface area (Å²) in [5, 5.41) is 9.95. The van der Waals surface area contributed by atoms with E-state index in [-0.39, 0.29) is 5.91 Å². The largest absolute Gasteiger partial charge is 0.493 e. The summed E-state index contributed by atoms with van der Waals surface area (Å²) in [7, 11) is 3.16. The van der Waals surface area contributed by atoms with E-state index in [1.165, 1.54) is 6.92 Å². The van der Waals surface area contributed by atoms with Crippen LogP contribution >= 0.6 is 0 Å². The maximum absolute atomic E-state index is 11.3. The van der Waals surface area contributed by atoms with Gasteiger partial charge in [-0.1, -0.05) is 6.07 Å². The molecule has 4 rings (SSSR count). The number of carbonyl (C=O) groups is 1. The molecular weight excluding hydrogens is 408 g/mol. The summed E-state index contributed by atoms with van der Waals surface area (Å²) in [4.78, 5) is 24.8. The van der Waals surface area contributed by atoms with Crippen molar-refractivity contribution in [1.82, 2.24) is 15.0 Å². The van der Waals surface area contributed by atoms with Crippen LogP contribution in [0.2, 0.25) is 0 Å². The summed E-state index contributed by atoms with van der Waals surface area (Å²) in [5.74, 6) is 2.57. The Hall–Kier alpha value is -4.40. The van der Waals surface area contributed by atoms with Crippen LogP contribution in [0.5, 0.6) is 11.5 Å². The molecule has 3 N–H and O–H groups in total. The van der Waals surface area contributed by atoms with E-state index < -0.39 is 0 Å². The van der Waals surface area contributed by atoms with Crippen molar-refractivity contribution in [3.63, 3.8) is 0 Å². The molecule has 0 radical (unpaired) electrons. The molecule has 0 aliphatic heterocycles. The third kappa shape index (κ3) is 4.67. The maximum Gasteiger partial charge on any atom is 0.230 e. The van der Waals surface area contributed by atoms with Crippen LogP contribution in [0, 0.1) is 0 Å². The van der Waals surface area contributed by atoms with E-state index in [4.69, 9.17) is 9.47 Å². The van der Waals surface area contributed by atoms with Gasteiger partial charge < -0.3 is 25.4 Å². The Kier molecular flexibility index (Phi) is 5.98. The third-order valence-corrected chi connectivity index (χ3v) is 4.57. The first kappa shape index (κ1) is 20.9. The summed E-state index contributed by atoms with van der Waals surface area (Å²) < 4.78 is 10.9. The van der Waals surface area contributed by atoms with Crippen molar-refractivity contribution in [3.05, 3.63) is 60.8 Å². The van der Waals surface area contributed by atoms with E-state index in [1.807, 2.05) is 48.5 Å². The molecule has 162 valence electrons. The second-order valence-corrected chi connectivity index (χ2v) is 6.84. The lowest BCUT2D eigenvalue weighted by Crippen LogP contribution is -2.06. The smallest absolute Gasteiger partial charge is 0.230 e. The van der Waals surface area contributed by atoms with Gasteiger partial charge in [-0.15, -0.1) is 0 Å². The summed E-state index contributed by atoms with van der Waals surface area (Å²) in [6.07, 6.45) is 1.69. The average molecular weight is 430 g/mol. The van der Waals surface area contributed by atoms with Crippen LogP contribution in [0.1, 0.15) is 6.92 Å². The molecule has 0 bridgehead atoms. The number of amides is 1. The zero-order chi connectivity index (χ0) is 22.5. The van der Waals surface area contributed by atoms with E-state index in [2.05, 4.69) is 30.9 Å². The highest BCUT2D eigenvalue weighted by molar-refractivity contribution is 5.94. The van der Waals surface area contributed by atoms with E-state index in [0.717, 1.165) is 11.1 Å². The number of carbonyl (C=O) groups excluding carboxylic acids is 1. The molecule has 0 atom stereocenters. The molecule has 0 spiro atoms. The third-order valence-electron chi connectivity index (χ3n) is 4.57. The fourth-order valence-electron chi connectivity index (χ4n) is 3.13. The minimum atomic E-state index is -0.126. The Bertz CT molecular complexity index is 1250. The number of nitrogens with one attached hydrogen (secondary N) is 3. The van der Waals surface area contributed by atoms with Crippen molar-refractivity contribution in [2.45, 2.75) is 6.92 Å². The van der Waals surface area contributed by atoms with Gasteiger partial charge in [-0.2, -0.15) is 4.98 Å². The predicted molar refractivity (Wildman–Crippen MR) is 124 cm³/mol. The Labute approximate surface area is 184 Å². The van der Waals surface area contributed by atoms with Crippen molar-refractivity contribution < 1.29 is 14.3 Å². The van der Waals surface area contributed by atoms with Crippen LogP contribution in [-0.4, -0.2) is 35.1 Å². The Morgan fingerprint density at radius 2 is 1.59 bits per heavy atom. The number of methoxy groups -OCH3 is 2.